The van der Waals surface area contributed by atoms with Crippen molar-refractivity contribution in [3.05, 3.63) is 28.8 Å². The molecule has 1 N–H and O–H groups in total. The van der Waals surface area contributed by atoms with Gasteiger partial charge in [-0.25, -0.2) is 9.99 Å². The zero-order valence-electron chi connectivity index (χ0n) is 10.5. The molecule has 3 nitrogen and oxygen atoms in total. The monoisotopic (exact) mass is 283 g/mol. The average molecular weight is 284 g/mol. The molecule has 98 valence electrons. The molecule has 0 radical (unpaired) electrons. The third-order valence-corrected chi connectivity index (χ3v) is 4.06. The van der Waals surface area contributed by atoms with Crippen LogP contribution in [0, 0.1) is 6.92 Å². The summed E-state index contributed by atoms with van der Waals surface area (Å²) in [6.45, 7) is 5.32. The quantitative estimate of drug-likeness (QED) is 0.918. The molecule has 5 heteroatoms. The van der Waals surface area contributed by atoms with Gasteiger partial charge in [0.05, 0.1) is 15.2 Å². The molecule has 0 unspecified atom stereocenters. The lowest BCUT2D eigenvalue weighted by Gasteiger charge is -2.27. The van der Waals surface area contributed by atoms with Crippen molar-refractivity contribution in [2.75, 3.05) is 13.1 Å². The molecule has 0 amide bonds. The summed E-state index contributed by atoms with van der Waals surface area (Å²) in [6.07, 6.45) is 2.60. The minimum absolute atomic E-state index is 0. The third-order valence-electron chi connectivity index (χ3n) is 3.12. The summed E-state index contributed by atoms with van der Waals surface area (Å²) in [5.41, 5.74) is 5.94. The fourth-order valence-electron chi connectivity index (χ4n) is 2.28. The van der Waals surface area contributed by atoms with Gasteiger partial charge < -0.3 is 0 Å². The van der Waals surface area contributed by atoms with E-state index in [9.17, 15) is 0 Å². The molecule has 0 aliphatic carbocycles. The van der Waals surface area contributed by atoms with E-state index in [2.05, 4.69) is 40.5 Å². The lowest BCUT2D eigenvalue weighted by Crippen LogP contribution is -2.42. The Morgan fingerprint density at radius 2 is 2.28 bits per heavy atom. The molecule has 1 aliphatic heterocycles. The summed E-state index contributed by atoms with van der Waals surface area (Å²) in [6, 6.07) is 6.60. The van der Waals surface area contributed by atoms with E-state index in [0.717, 1.165) is 30.2 Å². The van der Waals surface area contributed by atoms with Crippen molar-refractivity contribution in [2.45, 2.75) is 26.3 Å². The molecule has 1 saturated heterocycles. The van der Waals surface area contributed by atoms with E-state index in [0.29, 0.717) is 0 Å². The zero-order valence-corrected chi connectivity index (χ0v) is 12.1. The number of aryl methyl sites for hydroxylation is 1. The van der Waals surface area contributed by atoms with Crippen molar-refractivity contribution >= 4 is 34.0 Å². The Balaban J connectivity index is 0.00000120. The van der Waals surface area contributed by atoms with Crippen molar-refractivity contribution in [1.82, 2.24) is 15.4 Å². The Kier molecular flexibility index (Phi) is 4.56. The number of rotatable bonds is 2. The molecular formula is C13H18ClN3S. The number of nitrogens with one attached hydrogen (secondary N) is 1. The molecule has 3 rings (SSSR count). The van der Waals surface area contributed by atoms with Gasteiger partial charge in [-0.2, -0.15) is 0 Å². The molecule has 2 heterocycles. The number of nitrogens with zero attached hydrogens (tertiary/aromatic N) is 2. The number of halogens is 1. The standard InChI is InChI=1S/C13H17N3S.ClH/c1-10-15-12-5-4-11(8-13(12)17-10)9-16-7-3-2-6-14-16;/h4-5,8,14H,2-3,6-7,9H2,1H3;1H. The van der Waals surface area contributed by atoms with Gasteiger partial charge in [-0.1, -0.05) is 6.07 Å². The van der Waals surface area contributed by atoms with E-state index in [1.165, 1.54) is 23.1 Å². The number of fused-ring (bicyclic) bond motifs is 1. The van der Waals surface area contributed by atoms with Gasteiger partial charge in [0.15, 0.2) is 0 Å². The molecule has 18 heavy (non-hydrogen) atoms. The number of benzene rings is 1. The minimum atomic E-state index is 0. The highest BCUT2D eigenvalue weighted by atomic mass is 35.5. The van der Waals surface area contributed by atoms with Crippen molar-refractivity contribution in [3.63, 3.8) is 0 Å². The molecule has 0 atom stereocenters. The van der Waals surface area contributed by atoms with Crippen LogP contribution < -0.4 is 5.43 Å². The number of hydrazine groups is 1. The van der Waals surface area contributed by atoms with Crippen LogP contribution in [0.4, 0.5) is 0 Å². The van der Waals surface area contributed by atoms with Crippen LogP contribution >= 0.6 is 23.7 Å². The molecule has 1 aliphatic rings. The predicted octanol–water partition coefficient (Wildman–Crippen LogP) is 3.13. The van der Waals surface area contributed by atoms with Gasteiger partial charge in [0.2, 0.25) is 0 Å². The van der Waals surface area contributed by atoms with E-state index in [1.807, 2.05) is 0 Å². The van der Waals surface area contributed by atoms with Crippen LogP contribution in [-0.2, 0) is 6.54 Å². The maximum Gasteiger partial charge on any atom is 0.0907 e. The largest absolute Gasteiger partial charge is 0.255 e. The second kappa shape index (κ2) is 5.97. The van der Waals surface area contributed by atoms with Gasteiger partial charge in [-0.05, 0) is 37.5 Å². The Hall–Kier alpha value is -0.680. The van der Waals surface area contributed by atoms with E-state index in [1.54, 1.807) is 11.3 Å². The Morgan fingerprint density at radius 1 is 1.39 bits per heavy atom. The lowest BCUT2D eigenvalue weighted by molar-refractivity contribution is 0.144. The summed E-state index contributed by atoms with van der Waals surface area (Å²) >= 11 is 1.78. The first-order valence-electron chi connectivity index (χ1n) is 6.16. The van der Waals surface area contributed by atoms with Gasteiger partial charge in [0, 0.05) is 19.6 Å². The molecule has 1 fully saturated rings. The second-order valence-corrected chi connectivity index (χ2v) is 5.81. The topological polar surface area (TPSA) is 28.2 Å². The van der Waals surface area contributed by atoms with E-state index < -0.39 is 0 Å². The zero-order chi connectivity index (χ0) is 11.7. The first-order chi connectivity index (χ1) is 8.31. The second-order valence-electron chi connectivity index (χ2n) is 4.57. The van der Waals surface area contributed by atoms with Crippen molar-refractivity contribution in [2.24, 2.45) is 0 Å². The van der Waals surface area contributed by atoms with E-state index in [-0.39, 0.29) is 12.4 Å². The Morgan fingerprint density at radius 3 is 3.06 bits per heavy atom. The third kappa shape index (κ3) is 3.01. The maximum absolute atomic E-state index is 4.49. The van der Waals surface area contributed by atoms with Crippen molar-refractivity contribution < 1.29 is 0 Å². The first-order valence-corrected chi connectivity index (χ1v) is 6.97. The van der Waals surface area contributed by atoms with Crippen molar-refractivity contribution in [3.8, 4) is 0 Å². The van der Waals surface area contributed by atoms with E-state index in [4.69, 9.17) is 0 Å². The molecule has 2 aromatic rings. The van der Waals surface area contributed by atoms with Gasteiger partial charge in [0.1, 0.15) is 0 Å². The minimum Gasteiger partial charge on any atom is -0.255 e. The fourth-order valence-corrected chi connectivity index (χ4v) is 3.17. The van der Waals surface area contributed by atoms with Crippen LogP contribution in [0.25, 0.3) is 10.2 Å². The molecule has 0 spiro atoms. The van der Waals surface area contributed by atoms with E-state index >= 15 is 0 Å². The maximum atomic E-state index is 4.49. The summed E-state index contributed by atoms with van der Waals surface area (Å²) in [5, 5.41) is 3.46. The summed E-state index contributed by atoms with van der Waals surface area (Å²) in [5.74, 6) is 0. The van der Waals surface area contributed by atoms with Crippen LogP contribution in [-0.4, -0.2) is 23.1 Å². The van der Waals surface area contributed by atoms with Crippen LogP contribution in [0.3, 0.4) is 0 Å². The number of aromatic nitrogens is 1. The molecule has 1 aromatic carbocycles. The molecule has 0 bridgehead atoms. The number of thiazole rings is 1. The van der Waals surface area contributed by atoms with Crippen LogP contribution in [0.1, 0.15) is 23.4 Å². The summed E-state index contributed by atoms with van der Waals surface area (Å²) in [7, 11) is 0. The number of hydrogen-bond donors (Lipinski definition) is 1. The van der Waals surface area contributed by atoms with Crippen LogP contribution in [0.15, 0.2) is 18.2 Å². The molecular weight excluding hydrogens is 266 g/mol. The Bertz CT molecular complexity index is 520. The predicted molar refractivity (Wildman–Crippen MR) is 79.3 cm³/mol. The molecule has 0 saturated carbocycles. The highest BCUT2D eigenvalue weighted by Crippen LogP contribution is 2.23. The van der Waals surface area contributed by atoms with Gasteiger partial charge in [-0.15, -0.1) is 23.7 Å². The van der Waals surface area contributed by atoms with Crippen LogP contribution in [0.2, 0.25) is 0 Å². The summed E-state index contributed by atoms with van der Waals surface area (Å²) in [4.78, 5) is 4.49. The van der Waals surface area contributed by atoms with Crippen LogP contribution in [0.5, 0.6) is 0 Å². The van der Waals surface area contributed by atoms with Gasteiger partial charge >= 0.3 is 0 Å². The van der Waals surface area contributed by atoms with Crippen molar-refractivity contribution in [1.29, 1.82) is 0 Å². The average Bonchev–Trinajstić information content (AvgIpc) is 2.70. The molecule has 1 aromatic heterocycles. The highest BCUT2D eigenvalue weighted by molar-refractivity contribution is 7.18. The normalized spacial score (nSPS) is 16.7. The number of hydrogen-bond acceptors (Lipinski definition) is 4. The SMILES string of the molecule is Cc1nc2ccc(CN3CCCCN3)cc2s1.Cl. The Labute approximate surface area is 118 Å². The lowest BCUT2D eigenvalue weighted by atomic mass is 10.2. The van der Waals surface area contributed by atoms with Gasteiger partial charge in [-0.3, -0.25) is 5.43 Å². The van der Waals surface area contributed by atoms with Gasteiger partial charge in [0.25, 0.3) is 0 Å². The summed E-state index contributed by atoms with van der Waals surface area (Å²) < 4.78 is 1.30. The smallest absolute Gasteiger partial charge is 0.0907 e. The fraction of sp³-hybridized carbons (Fsp3) is 0.462. The highest BCUT2D eigenvalue weighted by Gasteiger charge is 2.10. The first kappa shape index (κ1) is 13.7.